The van der Waals surface area contributed by atoms with E-state index < -0.39 is 65.1 Å². The number of likely N-dealkylation sites (N-methyl/N-ethyl adjacent to an activating group) is 1. The van der Waals surface area contributed by atoms with Crippen molar-refractivity contribution in [2.45, 2.75) is 117 Å². The molecule has 294 valence electrons. The summed E-state index contributed by atoms with van der Waals surface area (Å²) in [5.74, 6) is -1.98. The van der Waals surface area contributed by atoms with Gasteiger partial charge in [0.2, 0.25) is 23.6 Å². The summed E-state index contributed by atoms with van der Waals surface area (Å²) in [7, 11) is 1.45. The van der Waals surface area contributed by atoms with Crippen LogP contribution in [-0.4, -0.2) is 95.5 Å². The molecule has 6 amide bonds. The van der Waals surface area contributed by atoms with Crippen LogP contribution in [0.5, 0.6) is 0 Å². The lowest BCUT2D eigenvalue weighted by atomic mass is 9.85. The molecular weight excluding hydrogens is 692 g/mol. The van der Waals surface area contributed by atoms with E-state index in [2.05, 4.69) is 21.3 Å². The molecule has 0 spiro atoms. The number of alkyl carbamates (subject to hydrolysis) is 1. The van der Waals surface area contributed by atoms with Crippen LogP contribution in [-0.2, 0) is 41.7 Å². The highest BCUT2D eigenvalue weighted by atomic mass is 16.6. The van der Waals surface area contributed by atoms with Crippen LogP contribution in [0.4, 0.5) is 9.59 Å². The smallest absolute Gasteiger partial charge is 0.410 e. The topological polar surface area (TPSA) is 175 Å². The maximum atomic E-state index is 14.5. The third-order valence-corrected chi connectivity index (χ3v) is 9.59. The van der Waals surface area contributed by atoms with Gasteiger partial charge in [-0.25, -0.2) is 9.59 Å². The van der Waals surface area contributed by atoms with Gasteiger partial charge in [0.25, 0.3) is 0 Å². The highest BCUT2D eigenvalue weighted by Crippen LogP contribution is 2.31. The molecule has 1 saturated heterocycles. The molecule has 1 aliphatic carbocycles. The third kappa shape index (κ3) is 11.4. The predicted molar refractivity (Wildman–Crippen MR) is 202 cm³/mol. The first-order valence-electron chi connectivity index (χ1n) is 18.5. The number of amides is 6. The number of carbonyl (C=O) groups excluding carboxylic acids is 6. The van der Waals surface area contributed by atoms with Crippen molar-refractivity contribution in [2.75, 3.05) is 20.1 Å². The Bertz CT molecular complexity index is 1670. The Morgan fingerprint density at radius 1 is 0.926 bits per heavy atom. The Balaban J connectivity index is 1.49. The summed E-state index contributed by atoms with van der Waals surface area (Å²) < 4.78 is 10.6. The number of carbonyl (C=O) groups is 6. The van der Waals surface area contributed by atoms with Crippen molar-refractivity contribution >= 4 is 35.8 Å². The van der Waals surface area contributed by atoms with Crippen LogP contribution in [0.15, 0.2) is 54.6 Å². The number of nitrogens with one attached hydrogen (secondary N) is 4. The van der Waals surface area contributed by atoms with Crippen LogP contribution >= 0.6 is 0 Å². The molecule has 14 nitrogen and oxygen atoms in total. The minimum Gasteiger partial charge on any atom is -0.445 e. The van der Waals surface area contributed by atoms with Gasteiger partial charge in [0.05, 0.1) is 6.04 Å². The molecular formula is C40H56N6O8. The van der Waals surface area contributed by atoms with E-state index in [0.29, 0.717) is 0 Å². The molecule has 2 aliphatic rings. The second kappa shape index (κ2) is 17.8. The van der Waals surface area contributed by atoms with E-state index in [4.69, 9.17) is 9.47 Å². The molecule has 0 aromatic heterocycles. The van der Waals surface area contributed by atoms with Gasteiger partial charge >= 0.3 is 12.2 Å². The van der Waals surface area contributed by atoms with E-state index in [9.17, 15) is 28.8 Å². The van der Waals surface area contributed by atoms with Gasteiger partial charge in [0.1, 0.15) is 36.9 Å². The first kappa shape index (κ1) is 41.6. The predicted octanol–water partition coefficient (Wildman–Crippen LogP) is 3.98. The van der Waals surface area contributed by atoms with E-state index in [-0.39, 0.29) is 38.1 Å². The second-order valence-electron chi connectivity index (χ2n) is 16.1. The zero-order chi connectivity index (χ0) is 39.8. The Morgan fingerprint density at radius 2 is 1.59 bits per heavy atom. The molecule has 2 aromatic carbocycles. The Hall–Kier alpha value is -5.14. The molecule has 5 atom stereocenters. The monoisotopic (exact) mass is 748 g/mol. The summed E-state index contributed by atoms with van der Waals surface area (Å²) in [6.45, 7) is 11.7. The molecule has 2 aromatic rings. The van der Waals surface area contributed by atoms with Crippen LogP contribution in [0.25, 0.3) is 0 Å². The molecule has 0 radical (unpaired) electrons. The SMILES string of the molecule is C[C@@H](C(=O)N[C@H](C(=O)N1C[C@@H](NC(=O)CNC(=O)OCc2ccccc2)C[C@H]1C(=O)NC1CCCc2ccccc21)C(C)(C)C)N(C)C(=O)OC(C)(C)C. The van der Waals surface area contributed by atoms with Crippen molar-refractivity contribution in [1.82, 2.24) is 31.1 Å². The molecule has 1 heterocycles. The van der Waals surface area contributed by atoms with Crippen molar-refractivity contribution in [3.8, 4) is 0 Å². The number of hydrogen-bond donors (Lipinski definition) is 4. The molecule has 1 aliphatic heterocycles. The van der Waals surface area contributed by atoms with E-state index in [1.807, 2.05) is 54.6 Å². The van der Waals surface area contributed by atoms with Gasteiger partial charge in [-0.3, -0.25) is 24.1 Å². The molecule has 1 unspecified atom stereocenters. The number of nitrogens with zero attached hydrogens (tertiary/aromatic N) is 2. The van der Waals surface area contributed by atoms with Gasteiger partial charge in [-0.2, -0.15) is 0 Å². The lowest BCUT2D eigenvalue weighted by Gasteiger charge is -2.37. The van der Waals surface area contributed by atoms with Gasteiger partial charge in [-0.1, -0.05) is 75.4 Å². The average molecular weight is 749 g/mol. The number of likely N-dealkylation sites (tertiary alicyclic amines) is 1. The normalized spacial score (nSPS) is 19.3. The first-order chi connectivity index (χ1) is 25.3. The maximum absolute atomic E-state index is 14.5. The fourth-order valence-electron chi connectivity index (χ4n) is 6.56. The highest BCUT2D eigenvalue weighted by Gasteiger charge is 2.46. The molecule has 0 saturated carbocycles. The van der Waals surface area contributed by atoms with Gasteiger partial charge < -0.3 is 35.6 Å². The van der Waals surface area contributed by atoms with Crippen molar-refractivity contribution in [3.05, 3.63) is 71.3 Å². The molecule has 4 N–H and O–H groups in total. The van der Waals surface area contributed by atoms with Crippen molar-refractivity contribution in [1.29, 1.82) is 0 Å². The lowest BCUT2D eigenvalue weighted by molar-refractivity contribution is -0.144. The second-order valence-corrected chi connectivity index (χ2v) is 16.1. The zero-order valence-corrected chi connectivity index (χ0v) is 32.7. The van der Waals surface area contributed by atoms with Crippen LogP contribution in [0.3, 0.4) is 0 Å². The molecule has 14 heteroatoms. The molecule has 54 heavy (non-hydrogen) atoms. The molecule has 4 rings (SSSR count). The number of rotatable bonds is 11. The van der Waals surface area contributed by atoms with E-state index in [1.54, 1.807) is 41.5 Å². The van der Waals surface area contributed by atoms with Crippen molar-refractivity contribution < 1.29 is 38.2 Å². The standard InChI is InChI=1S/C40H56N6O8/c1-25(45(8)38(52)54-40(5,6)7)34(48)44-33(39(2,3)4)36(50)46-23-28(42-32(47)22-41-37(51)53-24-26-15-10-9-11-16-26)21-31(46)35(49)43-30-20-14-18-27-17-12-13-19-29(27)30/h9-13,15-17,19,25,28,30-31,33H,14,18,20-24H2,1-8H3,(H,41,51)(H,42,47)(H,43,49)(H,44,48)/t25-,28-,30?,31-,33+/m0/s1. The Kier molecular flexibility index (Phi) is 13.7. The zero-order valence-electron chi connectivity index (χ0n) is 32.7. The minimum absolute atomic E-state index is 0.0157. The van der Waals surface area contributed by atoms with Crippen LogP contribution < -0.4 is 21.3 Å². The quantitative estimate of drug-likeness (QED) is 0.267. The number of hydrogen-bond acceptors (Lipinski definition) is 8. The third-order valence-electron chi connectivity index (χ3n) is 9.59. The minimum atomic E-state index is -1.10. The summed E-state index contributed by atoms with van der Waals surface area (Å²) in [5.41, 5.74) is 1.40. The van der Waals surface area contributed by atoms with E-state index in [0.717, 1.165) is 40.9 Å². The molecule has 1 fully saturated rings. The van der Waals surface area contributed by atoms with Crippen LogP contribution in [0.2, 0.25) is 0 Å². The first-order valence-corrected chi connectivity index (χ1v) is 18.5. The van der Waals surface area contributed by atoms with Crippen molar-refractivity contribution in [2.24, 2.45) is 5.41 Å². The highest BCUT2D eigenvalue weighted by molar-refractivity contribution is 5.95. The molecule has 0 bridgehead atoms. The number of ether oxygens (including phenoxy) is 2. The summed E-state index contributed by atoms with van der Waals surface area (Å²) in [5, 5.41) is 11.3. The van der Waals surface area contributed by atoms with E-state index in [1.165, 1.54) is 18.9 Å². The fraction of sp³-hybridized carbons (Fsp3) is 0.550. The van der Waals surface area contributed by atoms with Gasteiger partial charge in [0.15, 0.2) is 0 Å². The Labute approximate surface area is 318 Å². The van der Waals surface area contributed by atoms with E-state index >= 15 is 0 Å². The van der Waals surface area contributed by atoms with Crippen LogP contribution in [0, 0.1) is 5.41 Å². The number of benzene rings is 2. The van der Waals surface area contributed by atoms with Gasteiger partial charge in [0, 0.05) is 19.6 Å². The van der Waals surface area contributed by atoms with Crippen molar-refractivity contribution in [3.63, 3.8) is 0 Å². The fourth-order valence-corrected chi connectivity index (χ4v) is 6.56. The van der Waals surface area contributed by atoms with Gasteiger partial charge in [-0.05, 0) is 75.5 Å². The van der Waals surface area contributed by atoms with Crippen LogP contribution in [0.1, 0.15) is 90.5 Å². The largest absolute Gasteiger partial charge is 0.445 e. The summed E-state index contributed by atoms with van der Waals surface area (Å²) in [6.07, 6.45) is 1.19. The maximum Gasteiger partial charge on any atom is 0.410 e. The summed E-state index contributed by atoms with van der Waals surface area (Å²) >= 11 is 0. The summed E-state index contributed by atoms with van der Waals surface area (Å²) in [6, 6.07) is 13.1. The number of fused-ring (bicyclic) bond motifs is 1. The Morgan fingerprint density at radius 3 is 2.26 bits per heavy atom. The average Bonchev–Trinajstić information content (AvgIpc) is 3.54. The lowest BCUT2D eigenvalue weighted by Crippen LogP contribution is -2.60. The van der Waals surface area contributed by atoms with Gasteiger partial charge in [-0.15, -0.1) is 0 Å². The summed E-state index contributed by atoms with van der Waals surface area (Å²) in [4.78, 5) is 82.8. The number of aryl methyl sites for hydroxylation is 1.